The van der Waals surface area contributed by atoms with E-state index in [0.717, 1.165) is 24.3 Å². The van der Waals surface area contributed by atoms with E-state index in [9.17, 15) is 0 Å². The van der Waals surface area contributed by atoms with Crippen LogP contribution in [-0.4, -0.2) is 16.5 Å². The first-order chi connectivity index (χ1) is 7.84. The van der Waals surface area contributed by atoms with E-state index in [2.05, 4.69) is 22.2 Å². The van der Waals surface area contributed by atoms with Gasteiger partial charge in [0.1, 0.15) is 0 Å². The lowest BCUT2D eigenvalue weighted by Crippen LogP contribution is -2.25. The second-order valence-electron chi connectivity index (χ2n) is 5.44. The Morgan fingerprint density at radius 3 is 2.56 bits per heavy atom. The first-order valence-electron chi connectivity index (χ1n) is 6.54. The molecule has 2 saturated carbocycles. The number of H-pyrrole nitrogens is 1. The van der Waals surface area contributed by atoms with Gasteiger partial charge in [0.25, 0.3) is 0 Å². The molecule has 2 N–H and O–H groups in total. The molecule has 2 aliphatic rings. The Balaban J connectivity index is 1.46. The van der Waals surface area contributed by atoms with Crippen molar-refractivity contribution in [2.45, 2.75) is 39.2 Å². The monoisotopic (exact) mass is 219 g/mol. The third-order valence-electron chi connectivity index (χ3n) is 4.06. The lowest BCUT2D eigenvalue weighted by Gasteiger charge is -2.15. The molecule has 2 fully saturated rings. The van der Waals surface area contributed by atoms with Gasteiger partial charge in [0.15, 0.2) is 0 Å². The van der Waals surface area contributed by atoms with Crippen LogP contribution in [0.1, 0.15) is 37.1 Å². The van der Waals surface area contributed by atoms with E-state index >= 15 is 0 Å². The zero-order valence-corrected chi connectivity index (χ0v) is 10.00. The molecule has 0 aliphatic heterocycles. The van der Waals surface area contributed by atoms with Gasteiger partial charge in [0, 0.05) is 12.2 Å². The molecule has 0 aromatic carbocycles. The summed E-state index contributed by atoms with van der Waals surface area (Å²) in [4.78, 5) is 7.44. The Bertz CT molecular complexity index is 338. The fourth-order valence-corrected chi connectivity index (χ4v) is 2.69. The largest absolute Gasteiger partial charge is 0.348 e. The van der Waals surface area contributed by atoms with Crippen molar-refractivity contribution in [2.24, 2.45) is 17.8 Å². The smallest absolute Gasteiger partial charge is 0.0925 e. The van der Waals surface area contributed by atoms with Crippen LogP contribution in [0.2, 0.25) is 0 Å². The Hall–Kier alpha value is -0.830. The molecule has 1 aromatic heterocycles. The number of nitrogens with one attached hydrogen (secondary N) is 2. The van der Waals surface area contributed by atoms with Crippen LogP contribution in [0, 0.1) is 24.7 Å². The minimum absolute atomic E-state index is 0.922. The van der Waals surface area contributed by atoms with Crippen LogP contribution in [-0.2, 0) is 6.54 Å². The summed E-state index contributed by atoms with van der Waals surface area (Å²) in [6, 6.07) is 0. The molecule has 0 amide bonds. The molecule has 2 aliphatic carbocycles. The predicted molar refractivity (Wildman–Crippen MR) is 64.0 cm³/mol. The normalized spacial score (nSPS) is 20.6. The zero-order chi connectivity index (χ0) is 11.0. The van der Waals surface area contributed by atoms with Gasteiger partial charge in [-0.2, -0.15) is 0 Å². The maximum Gasteiger partial charge on any atom is 0.0925 e. The minimum atomic E-state index is 0.922. The lowest BCUT2D eigenvalue weighted by molar-refractivity contribution is 0.377. The Labute approximate surface area is 97.0 Å². The molecule has 0 atom stereocenters. The summed E-state index contributed by atoms with van der Waals surface area (Å²) in [6.45, 7) is 4.20. The van der Waals surface area contributed by atoms with Gasteiger partial charge >= 0.3 is 0 Å². The fraction of sp³-hybridized carbons (Fsp3) is 0.769. The molecule has 0 bridgehead atoms. The number of hydrogen-bond acceptors (Lipinski definition) is 2. The van der Waals surface area contributed by atoms with E-state index in [0.29, 0.717) is 0 Å². The lowest BCUT2D eigenvalue weighted by atomic mass is 9.98. The Kier molecular flexibility index (Phi) is 2.72. The third kappa shape index (κ3) is 2.29. The Morgan fingerprint density at radius 2 is 2.06 bits per heavy atom. The first kappa shape index (κ1) is 10.3. The SMILES string of the molecule is Cc1[nH]cnc1CNCC(C1CC1)C1CC1. The highest BCUT2D eigenvalue weighted by Crippen LogP contribution is 2.48. The average Bonchev–Trinajstić information content (AvgIpc) is 3.15. The van der Waals surface area contributed by atoms with Gasteiger partial charge in [-0.3, -0.25) is 0 Å². The van der Waals surface area contributed by atoms with Crippen LogP contribution >= 0.6 is 0 Å². The molecule has 1 aromatic rings. The van der Waals surface area contributed by atoms with Gasteiger partial charge in [-0.1, -0.05) is 0 Å². The quantitative estimate of drug-likeness (QED) is 0.770. The van der Waals surface area contributed by atoms with Crippen LogP contribution in [0.15, 0.2) is 6.33 Å². The molecule has 3 nitrogen and oxygen atoms in total. The molecule has 0 spiro atoms. The molecule has 0 radical (unpaired) electrons. The number of nitrogens with zero attached hydrogens (tertiary/aromatic N) is 1. The summed E-state index contributed by atoms with van der Waals surface area (Å²) < 4.78 is 0. The van der Waals surface area contributed by atoms with E-state index in [1.807, 2.05) is 0 Å². The topological polar surface area (TPSA) is 40.7 Å². The second kappa shape index (κ2) is 4.21. The minimum Gasteiger partial charge on any atom is -0.348 e. The standard InChI is InChI=1S/C13H21N3/c1-9-13(16-8-15-9)7-14-6-12(10-2-3-10)11-4-5-11/h8,10-12,14H,2-7H2,1H3,(H,15,16). The highest BCUT2D eigenvalue weighted by atomic mass is 14.9. The molecular weight excluding hydrogens is 198 g/mol. The molecule has 88 valence electrons. The number of aryl methyl sites for hydroxylation is 1. The zero-order valence-electron chi connectivity index (χ0n) is 10.00. The van der Waals surface area contributed by atoms with Crippen molar-refractivity contribution in [1.82, 2.24) is 15.3 Å². The van der Waals surface area contributed by atoms with Gasteiger partial charge in [-0.25, -0.2) is 4.98 Å². The number of rotatable bonds is 6. The number of aromatic nitrogens is 2. The van der Waals surface area contributed by atoms with Gasteiger partial charge in [0.05, 0.1) is 12.0 Å². The molecular formula is C13H21N3. The second-order valence-corrected chi connectivity index (χ2v) is 5.44. The van der Waals surface area contributed by atoms with E-state index in [-0.39, 0.29) is 0 Å². The summed E-state index contributed by atoms with van der Waals surface area (Å²) in [6.07, 6.45) is 7.69. The van der Waals surface area contributed by atoms with E-state index in [4.69, 9.17) is 0 Å². The van der Waals surface area contributed by atoms with Crippen molar-refractivity contribution in [3.05, 3.63) is 17.7 Å². The molecule has 3 heteroatoms. The predicted octanol–water partition coefficient (Wildman–Crippen LogP) is 2.24. The Morgan fingerprint density at radius 1 is 1.38 bits per heavy atom. The highest BCUT2D eigenvalue weighted by Gasteiger charge is 2.40. The van der Waals surface area contributed by atoms with Crippen LogP contribution in [0.4, 0.5) is 0 Å². The van der Waals surface area contributed by atoms with Gasteiger partial charge in [-0.05, 0) is 56.9 Å². The van der Waals surface area contributed by atoms with Crippen molar-refractivity contribution < 1.29 is 0 Å². The summed E-state index contributed by atoms with van der Waals surface area (Å²) in [5, 5.41) is 3.59. The first-order valence-corrected chi connectivity index (χ1v) is 6.54. The summed E-state index contributed by atoms with van der Waals surface area (Å²) in [5.41, 5.74) is 2.37. The fourth-order valence-electron chi connectivity index (χ4n) is 2.69. The molecule has 16 heavy (non-hydrogen) atoms. The number of hydrogen-bond donors (Lipinski definition) is 2. The van der Waals surface area contributed by atoms with Crippen molar-refractivity contribution in [2.75, 3.05) is 6.54 Å². The summed E-state index contributed by atoms with van der Waals surface area (Å²) in [7, 11) is 0. The molecule has 3 rings (SSSR count). The molecule has 0 unspecified atom stereocenters. The van der Waals surface area contributed by atoms with E-state index in [1.54, 1.807) is 6.33 Å². The van der Waals surface area contributed by atoms with Crippen molar-refractivity contribution in [3.8, 4) is 0 Å². The maximum atomic E-state index is 4.32. The molecule has 1 heterocycles. The number of imidazole rings is 1. The van der Waals surface area contributed by atoms with Crippen molar-refractivity contribution in [1.29, 1.82) is 0 Å². The van der Waals surface area contributed by atoms with E-state index < -0.39 is 0 Å². The maximum absolute atomic E-state index is 4.32. The average molecular weight is 219 g/mol. The van der Waals surface area contributed by atoms with Crippen LogP contribution in [0.25, 0.3) is 0 Å². The van der Waals surface area contributed by atoms with E-state index in [1.165, 1.54) is 43.6 Å². The molecule has 0 saturated heterocycles. The highest BCUT2D eigenvalue weighted by molar-refractivity contribution is 5.08. The van der Waals surface area contributed by atoms with Crippen LogP contribution < -0.4 is 5.32 Å². The third-order valence-corrected chi connectivity index (χ3v) is 4.06. The van der Waals surface area contributed by atoms with Gasteiger partial charge < -0.3 is 10.3 Å². The summed E-state index contributed by atoms with van der Waals surface area (Å²) >= 11 is 0. The van der Waals surface area contributed by atoms with Crippen molar-refractivity contribution in [3.63, 3.8) is 0 Å². The summed E-state index contributed by atoms with van der Waals surface area (Å²) in [5.74, 6) is 3.04. The van der Waals surface area contributed by atoms with Crippen LogP contribution in [0.3, 0.4) is 0 Å². The van der Waals surface area contributed by atoms with Crippen molar-refractivity contribution >= 4 is 0 Å². The van der Waals surface area contributed by atoms with Gasteiger partial charge in [0.2, 0.25) is 0 Å². The van der Waals surface area contributed by atoms with Crippen LogP contribution in [0.5, 0.6) is 0 Å². The number of aromatic amines is 1. The van der Waals surface area contributed by atoms with Gasteiger partial charge in [-0.15, -0.1) is 0 Å².